The molecule has 0 spiro atoms. The predicted octanol–water partition coefficient (Wildman–Crippen LogP) is 10.5. The van der Waals surface area contributed by atoms with Crippen LogP contribution in [0.2, 0.25) is 30.7 Å². The lowest BCUT2D eigenvalue weighted by atomic mass is 9.97. The van der Waals surface area contributed by atoms with Crippen molar-refractivity contribution >= 4 is 44.8 Å². The maximum atomic E-state index is 13.9. The highest BCUT2D eigenvalue weighted by Crippen LogP contribution is 2.39. The van der Waals surface area contributed by atoms with Crippen molar-refractivity contribution in [2.75, 3.05) is 20.5 Å². The monoisotopic (exact) mass is 906 g/mol. The van der Waals surface area contributed by atoms with E-state index < -0.39 is 58.7 Å². The number of hydrogen-bond donors (Lipinski definition) is 0. The average Bonchev–Trinajstić information content (AvgIpc) is 3.55. The number of ether oxygens (including phenoxy) is 6. The molecule has 344 valence electrons. The lowest BCUT2D eigenvalue weighted by Gasteiger charge is -2.45. The molecule has 1 heterocycles. The van der Waals surface area contributed by atoms with E-state index in [0.717, 1.165) is 33.1 Å². The lowest BCUT2D eigenvalue weighted by Crippen LogP contribution is -2.68. The van der Waals surface area contributed by atoms with Gasteiger partial charge in [0.2, 0.25) is 0 Å². The van der Waals surface area contributed by atoms with Crippen molar-refractivity contribution in [1.82, 2.24) is 0 Å². The molecule has 5 atom stereocenters. The highest BCUT2D eigenvalue weighted by molar-refractivity contribution is 6.99. The Balaban J connectivity index is 1.50. The van der Waals surface area contributed by atoms with Gasteiger partial charge in [-0.3, -0.25) is 0 Å². The van der Waals surface area contributed by atoms with Gasteiger partial charge in [-0.2, -0.15) is 0 Å². The number of benzene rings is 4. The van der Waals surface area contributed by atoms with Gasteiger partial charge in [-0.05, 0) is 91.8 Å². The highest BCUT2D eigenvalue weighted by Gasteiger charge is 2.52. The summed E-state index contributed by atoms with van der Waals surface area (Å²) in [6.45, 7) is 23.6. The quantitative estimate of drug-likeness (QED) is 0.0372. The second-order valence-corrected chi connectivity index (χ2v) is 29.3. The van der Waals surface area contributed by atoms with Crippen molar-refractivity contribution in [3.63, 3.8) is 0 Å². The Morgan fingerprint density at radius 3 is 1.98 bits per heavy atom. The molecule has 0 aromatic heterocycles. The lowest BCUT2D eigenvalue weighted by molar-refractivity contribution is -0.152. The van der Waals surface area contributed by atoms with Gasteiger partial charge in [0, 0.05) is 15.2 Å². The molecule has 0 saturated carbocycles. The standard InChI is InChI=1S/C53H70O9Si2/c1-38-35-39(2)48(51(55)57-33-34-63(10,11)12)42(36-38)25-22-30-47-49(61-53(7,8)60-47)46(59-50(54)41-23-16-13-17-24-41)32-31-45(58-37-56-9)40(3)62-64(52(4,5)6,43-26-18-14-19-27-43)44-28-20-15-21-29-44/h13-29,31-32,35-36,40,45-47,49H,30,33-34,37H2,1-12H3/b25-22+,32-31-/t40-,45-,46?,47+,49+/m0/s1. The number of aryl methyl sites for hydroxylation is 2. The van der Waals surface area contributed by atoms with Crippen LogP contribution < -0.4 is 10.4 Å². The molecule has 0 bridgehead atoms. The van der Waals surface area contributed by atoms with E-state index in [2.05, 4.69) is 88.9 Å². The third kappa shape index (κ3) is 13.3. The maximum absolute atomic E-state index is 13.9. The first-order valence-electron chi connectivity index (χ1n) is 22.4. The minimum atomic E-state index is -2.99. The van der Waals surface area contributed by atoms with E-state index in [4.69, 9.17) is 32.8 Å². The van der Waals surface area contributed by atoms with E-state index in [-0.39, 0.29) is 17.8 Å². The zero-order valence-electron chi connectivity index (χ0n) is 40.0. The molecule has 64 heavy (non-hydrogen) atoms. The van der Waals surface area contributed by atoms with Gasteiger partial charge >= 0.3 is 11.9 Å². The fourth-order valence-corrected chi connectivity index (χ4v) is 13.7. The van der Waals surface area contributed by atoms with E-state index in [0.29, 0.717) is 24.2 Å². The SMILES string of the molecule is COCO[C@@H](/C=C\C(OC(=O)c1ccccc1)[C@H]1OC(C)(C)O[C@@H]1C/C=C/c1cc(C)cc(C)c1C(=O)OCC[Si](C)(C)C)[C@H](C)O[Si](c1ccccc1)(c1ccccc1)C(C)(C)C. The first-order valence-corrected chi connectivity index (χ1v) is 28.0. The van der Waals surface area contributed by atoms with E-state index in [1.807, 2.05) is 89.3 Å². The van der Waals surface area contributed by atoms with E-state index in [1.54, 1.807) is 31.4 Å². The molecular weight excluding hydrogens is 837 g/mol. The highest BCUT2D eigenvalue weighted by atomic mass is 28.4. The molecule has 1 fully saturated rings. The number of methoxy groups -OCH3 is 1. The van der Waals surface area contributed by atoms with Gasteiger partial charge in [0.1, 0.15) is 25.1 Å². The van der Waals surface area contributed by atoms with E-state index in [9.17, 15) is 9.59 Å². The molecule has 0 radical (unpaired) electrons. The van der Waals surface area contributed by atoms with Crippen molar-refractivity contribution in [2.45, 2.75) is 129 Å². The van der Waals surface area contributed by atoms with Crippen LogP contribution in [0.3, 0.4) is 0 Å². The maximum Gasteiger partial charge on any atom is 0.338 e. The van der Waals surface area contributed by atoms with Crippen molar-refractivity contribution in [2.24, 2.45) is 0 Å². The molecule has 5 rings (SSSR count). The minimum absolute atomic E-state index is 0.00764. The van der Waals surface area contributed by atoms with Gasteiger partial charge in [-0.25, -0.2) is 9.59 Å². The van der Waals surface area contributed by atoms with Crippen molar-refractivity contribution in [3.05, 3.63) is 149 Å². The predicted molar refractivity (Wildman–Crippen MR) is 262 cm³/mol. The molecule has 0 N–H and O–H groups in total. The van der Waals surface area contributed by atoms with E-state index >= 15 is 0 Å². The number of esters is 2. The van der Waals surface area contributed by atoms with Crippen molar-refractivity contribution < 1.29 is 42.4 Å². The summed E-state index contributed by atoms with van der Waals surface area (Å²) in [5, 5.41) is 2.01. The zero-order valence-corrected chi connectivity index (χ0v) is 42.0. The smallest absolute Gasteiger partial charge is 0.338 e. The molecule has 1 saturated heterocycles. The van der Waals surface area contributed by atoms with Gasteiger partial charge < -0.3 is 32.8 Å². The van der Waals surface area contributed by atoms with Gasteiger partial charge in [0.25, 0.3) is 8.32 Å². The normalized spacial score (nSPS) is 18.2. The summed E-state index contributed by atoms with van der Waals surface area (Å²) in [4.78, 5) is 27.4. The van der Waals surface area contributed by atoms with Gasteiger partial charge in [-0.15, -0.1) is 0 Å². The molecule has 11 heteroatoms. The molecule has 1 unspecified atom stereocenters. The molecule has 1 aliphatic rings. The number of carbonyl (C=O) groups is 2. The molecule has 0 aliphatic carbocycles. The fourth-order valence-electron chi connectivity index (χ4n) is 8.32. The Morgan fingerprint density at radius 1 is 0.828 bits per heavy atom. The number of hydrogen-bond acceptors (Lipinski definition) is 9. The van der Waals surface area contributed by atoms with Crippen LogP contribution in [0.4, 0.5) is 0 Å². The van der Waals surface area contributed by atoms with Crippen LogP contribution in [0.1, 0.15) is 85.4 Å². The second-order valence-electron chi connectivity index (χ2n) is 19.4. The summed E-state index contributed by atoms with van der Waals surface area (Å²) >= 11 is 0. The third-order valence-electron chi connectivity index (χ3n) is 11.4. The van der Waals surface area contributed by atoms with Crippen molar-refractivity contribution in [1.29, 1.82) is 0 Å². The van der Waals surface area contributed by atoms with Crippen LogP contribution in [0.25, 0.3) is 6.08 Å². The molecule has 4 aromatic carbocycles. The third-order valence-corrected chi connectivity index (χ3v) is 18.2. The Bertz CT molecular complexity index is 2140. The fraction of sp³-hybridized carbons (Fsp3) is 0.434. The van der Waals surface area contributed by atoms with Gasteiger partial charge in [-0.1, -0.05) is 155 Å². The molecule has 9 nitrogen and oxygen atoms in total. The van der Waals surface area contributed by atoms with Crippen LogP contribution in [0.5, 0.6) is 0 Å². The van der Waals surface area contributed by atoms with Gasteiger partial charge in [0.15, 0.2) is 5.79 Å². The molecule has 1 aliphatic heterocycles. The topological polar surface area (TPSA) is 98.8 Å². The summed E-state index contributed by atoms with van der Waals surface area (Å²) in [6, 6.07) is 34.7. The first-order chi connectivity index (χ1) is 30.2. The average molecular weight is 907 g/mol. The molecular formula is C53H70O9Si2. The van der Waals surface area contributed by atoms with Crippen LogP contribution >= 0.6 is 0 Å². The summed E-state index contributed by atoms with van der Waals surface area (Å²) in [5.41, 5.74) is 3.61. The second kappa shape index (κ2) is 22.1. The number of carbonyl (C=O) groups excluding carboxylic acids is 2. The summed E-state index contributed by atoms with van der Waals surface area (Å²) in [6.07, 6.45) is 4.79. The van der Waals surface area contributed by atoms with Crippen LogP contribution in [0.15, 0.2) is 121 Å². The summed E-state index contributed by atoms with van der Waals surface area (Å²) in [7, 11) is -2.80. The zero-order chi connectivity index (χ0) is 46.7. The van der Waals surface area contributed by atoms with Gasteiger partial charge in [0.05, 0.1) is 29.9 Å². The van der Waals surface area contributed by atoms with E-state index in [1.165, 1.54) is 0 Å². The summed E-state index contributed by atoms with van der Waals surface area (Å²) < 4.78 is 44.6. The number of rotatable bonds is 20. The van der Waals surface area contributed by atoms with Crippen molar-refractivity contribution in [3.8, 4) is 0 Å². The molecule has 4 aromatic rings. The Kier molecular flexibility index (Phi) is 17.5. The summed E-state index contributed by atoms with van der Waals surface area (Å²) in [5.74, 6) is -1.83. The Hall–Kier alpha value is -4.47. The van der Waals surface area contributed by atoms with Crippen LogP contribution in [0, 0.1) is 13.8 Å². The first kappa shape index (κ1) is 50.5. The minimum Gasteiger partial charge on any atom is -0.462 e. The Morgan fingerprint density at radius 2 is 1.42 bits per heavy atom. The van der Waals surface area contributed by atoms with Crippen LogP contribution in [-0.4, -0.2) is 85.1 Å². The largest absolute Gasteiger partial charge is 0.462 e. The van der Waals surface area contributed by atoms with Crippen LogP contribution in [-0.2, 0) is 32.8 Å². The Labute approximate surface area is 384 Å². The molecule has 0 amide bonds.